The molecule has 1 spiro atoms. The second kappa shape index (κ2) is 2.52. The summed E-state index contributed by atoms with van der Waals surface area (Å²) < 4.78 is 13.5. The van der Waals surface area contributed by atoms with E-state index in [2.05, 4.69) is 18.7 Å². The topological polar surface area (TPSA) is 3.24 Å². The quantitative estimate of drug-likeness (QED) is 0.624. The van der Waals surface area contributed by atoms with Crippen molar-refractivity contribution < 1.29 is 4.39 Å². The van der Waals surface area contributed by atoms with Crippen LogP contribution < -0.4 is 0 Å². The highest BCUT2D eigenvalue weighted by molar-refractivity contribution is 5.16. The van der Waals surface area contributed by atoms with Gasteiger partial charge in [0.05, 0.1) is 0 Å². The van der Waals surface area contributed by atoms with E-state index in [4.69, 9.17) is 0 Å². The largest absolute Gasteiger partial charge is 0.294 e. The van der Waals surface area contributed by atoms with Gasteiger partial charge in [0.2, 0.25) is 0 Å². The lowest BCUT2D eigenvalue weighted by atomic mass is 9.79. The molecule has 2 heterocycles. The molecule has 0 radical (unpaired) electrons. The first-order valence-corrected chi connectivity index (χ1v) is 5.96. The zero-order chi connectivity index (χ0) is 9.97. The molecule has 2 heteroatoms. The maximum Gasteiger partial charge on any atom is 0.115 e. The molecule has 3 fully saturated rings. The van der Waals surface area contributed by atoms with Crippen molar-refractivity contribution in [1.29, 1.82) is 0 Å². The first-order valence-electron chi connectivity index (χ1n) is 5.96. The molecule has 0 bridgehead atoms. The standard InChI is InChI=1S/C12H20FN/c1-9(2)12-5-10(13)6-14(12)8-11(7-12)3-4-11/h9-10H,3-8H2,1-2H3/t10-,12-/m0/s1. The maximum atomic E-state index is 13.5. The Labute approximate surface area is 85.7 Å². The fourth-order valence-electron chi connectivity index (χ4n) is 3.83. The van der Waals surface area contributed by atoms with Gasteiger partial charge in [-0.3, -0.25) is 4.90 Å². The first kappa shape index (κ1) is 9.14. The van der Waals surface area contributed by atoms with Crippen molar-refractivity contribution in [2.45, 2.75) is 51.2 Å². The van der Waals surface area contributed by atoms with Crippen molar-refractivity contribution in [2.24, 2.45) is 11.3 Å². The van der Waals surface area contributed by atoms with Crippen molar-refractivity contribution in [3.8, 4) is 0 Å². The molecule has 0 aromatic rings. The lowest BCUT2D eigenvalue weighted by Gasteiger charge is -2.35. The second-order valence-electron chi connectivity index (χ2n) is 6.12. The van der Waals surface area contributed by atoms with Crippen LogP contribution in [0.2, 0.25) is 0 Å². The number of alkyl halides is 1. The molecule has 14 heavy (non-hydrogen) atoms. The lowest BCUT2D eigenvalue weighted by molar-refractivity contribution is 0.136. The van der Waals surface area contributed by atoms with Gasteiger partial charge < -0.3 is 0 Å². The minimum atomic E-state index is -0.562. The zero-order valence-electron chi connectivity index (χ0n) is 9.22. The molecule has 0 N–H and O–H groups in total. The van der Waals surface area contributed by atoms with Crippen LogP contribution >= 0.6 is 0 Å². The predicted octanol–water partition coefficient (Wildman–Crippen LogP) is 2.61. The van der Waals surface area contributed by atoms with E-state index in [0.29, 0.717) is 17.9 Å². The molecule has 0 aromatic carbocycles. The molecule has 3 rings (SSSR count). The minimum absolute atomic E-state index is 0.232. The normalized spacial score (nSPS) is 45.0. The summed E-state index contributed by atoms with van der Waals surface area (Å²) in [6.07, 6.45) is 4.31. The summed E-state index contributed by atoms with van der Waals surface area (Å²) in [6, 6.07) is 0. The monoisotopic (exact) mass is 197 g/mol. The van der Waals surface area contributed by atoms with E-state index in [-0.39, 0.29) is 5.54 Å². The van der Waals surface area contributed by atoms with E-state index in [1.165, 1.54) is 25.8 Å². The third-order valence-corrected chi connectivity index (χ3v) is 4.86. The molecule has 1 aliphatic carbocycles. The molecule has 1 saturated carbocycles. The molecule has 0 amide bonds. The van der Waals surface area contributed by atoms with Gasteiger partial charge in [0.1, 0.15) is 6.17 Å². The van der Waals surface area contributed by atoms with E-state index >= 15 is 0 Å². The number of rotatable bonds is 1. The van der Waals surface area contributed by atoms with E-state index in [1.54, 1.807) is 0 Å². The predicted molar refractivity (Wildman–Crippen MR) is 54.9 cm³/mol. The van der Waals surface area contributed by atoms with Gasteiger partial charge in [0, 0.05) is 18.6 Å². The van der Waals surface area contributed by atoms with Crippen LogP contribution in [-0.2, 0) is 0 Å². The van der Waals surface area contributed by atoms with Crippen LogP contribution in [0, 0.1) is 11.3 Å². The highest BCUT2D eigenvalue weighted by atomic mass is 19.1. The van der Waals surface area contributed by atoms with Crippen LogP contribution in [0.3, 0.4) is 0 Å². The summed E-state index contributed by atoms with van der Waals surface area (Å²) >= 11 is 0. The molecular formula is C12H20FN. The number of fused-ring (bicyclic) bond motifs is 1. The molecule has 0 unspecified atom stereocenters. The molecule has 2 aliphatic heterocycles. The van der Waals surface area contributed by atoms with Gasteiger partial charge in [-0.25, -0.2) is 4.39 Å². The van der Waals surface area contributed by atoms with Crippen LogP contribution in [0.5, 0.6) is 0 Å². The average molecular weight is 197 g/mol. The molecule has 3 aliphatic rings. The van der Waals surface area contributed by atoms with Gasteiger partial charge in [0.25, 0.3) is 0 Å². The van der Waals surface area contributed by atoms with Crippen LogP contribution in [0.15, 0.2) is 0 Å². The van der Waals surface area contributed by atoms with Crippen molar-refractivity contribution in [1.82, 2.24) is 4.90 Å². The summed E-state index contributed by atoms with van der Waals surface area (Å²) in [6.45, 7) is 6.43. The summed E-state index contributed by atoms with van der Waals surface area (Å²) in [5.74, 6) is 0.614. The lowest BCUT2D eigenvalue weighted by Crippen LogP contribution is -2.42. The van der Waals surface area contributed by atoms with E-state index in [1.807, 2.05) is 0 Å². The molecule has 2 atom stereocenters. The van der Waals surface area contributed by atoms with Gasteiger partial charge in [-0.1, -0.05) is 13.8 Å². The van der Waals surface area contributed by atoms with Crippen LogP contribution in [0.4, 0.5) is 4.39 Å². The molecule has 1 nitrogen and oxygen atoms in total. The Hall–Kier alpha value is -0.110. The number of hydrogen-bond acceptors (Lipinski definition) is 1. The van der Waals surface area contributed by atoms with Crippen molar-refractivity contribution in [3.05, 3.63) is 0 Å². The van der Waals surface area contributed by atoms with Gasteiger partial charge in [-0.05, 0) is 37.0 Å². The summed E-state index contributed by atoms with van der Waals surface area (Å²) in [5.41, 5.74) is 0.861. The van der Waals surface area contributed by atoms with Crippen LogP contribution in [-0.4, -0.2) is 29.7 Å². The van der Waals surface area contributed by atoms with Crippen LogP contribution in [0.1, 0.15) is 39.5 Å². The van der Waals surface area contributed by atoms with Gasteiger partial charge >= 0.3 is 0 Å². The Morgan fingerprint density at radius 2 is 2.07 bits per heavy atom. The Kier molecular flexibility index (Phi) is 1.65. The third kappa shape index (κ3) is 1.04. The first-order chi connectivity index (χ1) is 6.56. The Bertz CT molecular complexity index is 259. The molecular weight excluding hydrogens is 177 g/mol. The number of hydrogen-bond donors (Lipinski definition) is 0. The second-order valence-corrected chi connectivity index (χ2v) is 6.12. The van der Waals surface area contributed by atoms with Gasteiger partial charge in [0.15, 0.2) is 0 Å². The minimum Gasteiger partial charge on any atom is -0.294 e. The van der Waals surface area contributed by atoms with E-state index in [0.717, 1.165) is 6.42 Å². The van der Waals surface area contributed by atoms with Crippen molar-refractivity contribution in [3.63, 3.8) is 0 Å². The van der Waals surface area contributed by atoms with Gasteiger partial charge in [-0.2, -0.15) is 0 Å². The third-order valence-electron chi connectivity index (χ3n) is 4.86. The van der Waals surface area contributed by atoms with Gasteiger partial charge in [-0.15, -0.1) is 0 Å². The molecule has 2 saturated heterocycles. The smallest absolute Gasteiger partial charge is 0.115 e. The fraction of sp³-hybridized carbons (Fsp3) is 1.00. The van der Waals surface area contributed by atoms with Crippen molar-refractivity contribution >= 4 is 0 Å². The molecule has 0 aromatic heterocycles. The number of halogens is 1. The summed E-state index contributed by atoms with van der Waals surface area (Å²) in [4.78, 5) is 2.47. The maximum absolute atomic E-state index is 13.5. The van der Waals surface area contributed by atoms with Crippen LogP contribution in [0.25, 0.3) is 0 Å². The zero-order valence-corrected chi connectivity index (χ0v) is 9.22. The fourth-order valence-corrected chi connectivity index (χ4v) is 3.83. The summed E-state index contributed by atoms with van der Waals surface area (Å²) in [5, 5.41) is 0. The van der Waals surface area contributed by atoms with Crippen molar-refractivity contribution in [2.75, 3.05) is 13.1 Å². The number of nitrogens with zero attached hydrogens (tertiary/aromatic N) is 1. The SMILES string of the molecule is CC(C)[C@@]12C[C@H](F)CN1CC1(CC1)C2. The Morgan fingerprint density at radius 3 is 2.57 bits per heavy atom. The van der Waals surface area contributed by atoms with E-state index in [9.17, 15) is 4.39 Å². The summed E-state index contributed by atoms with van der Waals surface area (Å²) in [7, 11) is 0. The van der Waals surface area contributed by atoms with E-state index < -0.39 is 6.17 Å². The Balaban J connectivity index is 1.90. The highest BCUT2D eigenvalue weighted by Crippen LogP contribution is 2.62. The molecule has 80 valence electrons. The Morgan fingerprint density at radius 1 is 1.36 bits per heavy atom. The highest BCUT2D eigenvalue weighted by Gasteiger charge is 2.62. The average Bonchev–Trinajstić information content (AvgIpc) is 2.62.